The standard InChI is InChI=1S/C32H40FN3O5S/c1-6-24(5)34-32(38)30(7-2)35(21-25-11-9-23(4)10-12-25)31(37)22-36(27-15-17-28(18-16-27)41-8-3)42(39,40)29-19-13-26(33)14-20-29/h9-20,24,30H,6-8,21-22H2,1-5H3,(H,34,38)/t24-,30-/m0/s1. The van der Waals surface area contributed by atoms with Crippen molar-refractivity contribution in [2.45, 2.75) is 71.0 Å². The molecular formula is C32H40FN3O5S. The highest BCUT2D eigenvalue weighted by Gasteiger charge is 2.34. The number of nitrogens with one attached hydrogen (secondary N) is 1. The number of carbonyl (C=O) groups is 2. The number of halogens is 1. The summed E-state index contributed by atoms with van der Waals surface area (Å²) < 4.78 is 47.9. The molecule has 0 saturated carbocycles. The number of sulfonamides is 1. The number of rotatable bonds is 14. The van der Waals surface area contributed by atoms with E-state index in [0.717, 1.165) is 46.1 Å². The molecule has 0 aliphatic heterocycles. The first kappa shape index (κ1) is 32.6. The van der Waals surface area contributed by atoms with Crippen LogP contribution in [0, 0.1) is 12.7 Å². The predicted octanol–water partition coefficient (Wildman–Crippen LogP) is 5.45. The molecule has 3 aromatic carbocycles. The van der Waals surface area contributed by atoms with Gasteiger partial charge in [0.05, 0.1) is 17.2 Å². The first-order valence-corrected chi connectivity index (χ1v) is 15.6. The molecule has 42 heavy (non-hydrogen) atoms. The average Bonchev–Trinajstić information content (AvgIpc) is 2.97. The largest absolute Gasteiger partial charge is 0.494 e. The van der Waals surface area contributed by atoms with Crippen LogP contribution >= 0.6 is 0 Å². The second kappa shape index (κ2) is 14.8. The smallest absolute Gasteiger partial charge is 0.264 e. The Balaban J connectivity index is 2.05. The monoisotopic (exact) mass is 597 g/mol. The van der Waals surface area contributed by atoms with E-state index in [2.05, 4.69) is 5.32 Å². The van der Waals surface area contributed by atoms with Gasteiger partial charge in [-0.15, -0.1) is 0 Å². The van der Waals surface area contributed by atoms with Crippen molar-refractivity contribution < 1.29 is 27.1 Å². The molecule has 0 aliphatic carbocycles. The molecular weight excluding hydrogens is 557 g/mol. The molecule has 1 N–H and O–H groups in total. The van der Waals surface area contributed by atoms with Gasteiger partial charge in [-0.2, -0.15) is 0 Å². The topological polar surface area (TPSA) is 96.0 Å². The van der Waals surface area contributed by atoms with Crippen molar-refractivity contribution in [1.29, 1.82) is 0 Å². The van der Waals surface area contributed by atoms with Crippen molar-refractivity contribution in [2.24, 2.45) is 0 Å². The molecule has 8 nitrogen and oxygen atoms in total. The van der Waals surface area contributed by atoms with Crippen LogP contribution in [0.3, 0.4) is 0 Å². The van der Waals surface area contributed by atoms with Crippen LogP contribution in [0.1, 0.15) is 51.7 Å². The van der Waals surface area contributed by atoms with Gasteiger partial charge in [-0.25, -0.2) is 12.8 Å². The van der Waals surface area contributed by atoms with Crippen LogP contribution < -0.4 is 14.4 Å². The van der Waals surface area contributed by atoms with Crippen molar-refractivity contribution in [3.8, 4) is 5.75 Å². The number of nitrogens with zero attached hydrogens (tertiary/aromatic N) is 2. The van der Waals surface area contributed by atoms with Crippen molar-refractivity contribution in [3.63, 3.8) is 0 Å². The highest BCUT2D eigenvalue weighted by atomic mass is 32.2. The molecule has 0 saturated heterocycles. The number of benzene rings is 3. The number of hydrogen-bond donors (Lipinski definition) is 1. The Kier molecular flexibility index (Phi) is 11.5. The molecule has 2 atom stereocenters. The molecule has 0 heterocycles. The van der Waals surface area contributed by atoms with Gasteiger partial charge in [0.15, 0.2) is 0 Å². The van der Waals surface area contributed by atoms with Gasteiger partial charge in [-0.3, -0.25) is 13.9 Å². The van der Waals surface area contributed by atoms with E-state index in [1.165, 1.54) is 4.90 Å². The Labute approximate surface area is 248 Å². The molecule has 0 aromatic heterocycles. The summed E-state index contributed by atoms with van der Waals surface area (Å²) in [4.78, 5) is 28.7. The van der Waals surface area contributed by atoms with E-state index >= 15 is 0 Å². The lowest BCUT2D eigenvalue weighted by molar-refractivity contribution is -0.140. The summed E-state index contributed by atoms with van der Waals surface area (Å²) in [5.41, 5.74) is 2.08. The van der Waals surface area contributed by atoms with Crippen LogP contribution in [0.5, 0.6) is 5.75 Å². The maximum atomic E-state index is 14.1. The van der Waals surface area contributed by atoms with Gasteiger partial charge in [0.25, 0.3) is 10.0 Å². The fourth-order valence-electron chi connectivity index (χ4n) is 4.39. The molecule has 0 aliphatic rings. The second-order valence-electron chi connectivity index (χ2n) is 10.1. The fourth-order valence-corrected chi connectivity index (χ4v) is 5.80. The molecule has 0 bridgehead atoms. The zero-order chi connectivity index (χ0) is 30.9. The SMILES string of the molecule is CCOc1ccc(N(CC(=O)N(Cc2ccc(C)cc2)[C@@H](CC)C(=O)N[C@@H](C)CC)S(=O)(=O)c2ccc(F)cc2)cc1. The molecule has 2 amide bonds. The van der Waals surface area contributed by atoms with Crippen molar-refractivity contribution >= 4 is 27.5 Å². The summed E-state index contributed by atoms with van der Waals surface area (Å²) >= 11 is 0. The van der Waals surface area contributed by atoms with Crippen molar-refractivity contribution in [3.05, 3.63) is 89.7 Å². The fraction of sp³-hybridized carbons (Fsp3) is 0.375. The minimum absolute atomic E-state index is 0.0953. The Morgan fingerprint density at radius 3 is 2.07 bits per heavy atom. The van der Waals surface area contributed by atoms with E-state index in [4.69, 9.17) is 4.74 Å². The second-order valence-corrected chi connectivity index (χ2v) is 12.0. The number of aryl methyl sites for hydroxylation is 1. The van der Waals surface area contributed by atoms with Gasteiger partial charge < -0.3 is 15.0 Å². The van der Waals surface area contributed by atoms with Gasteiger partial charge in [0, 0.05) is 12.6 Å². The predicted molar refractivity (Wildman–Crippen MR) is 162 cm³/mol. The van der Waals surface area contributed by atoms with Crippen molar-refractivity contribution in [2.75, 3.05) is 17.5 Å². The van der Waals surface area contributed by atoms with E-state index in [9.17, 15) is 22.4 Å². The summed E-state index contributed by atoms with van der Waals surface area (Å²) in [5, 5.41) is 2.96. The van der Waals surface area contributed by atoms with Crippen LogP contribution in [0.2, 0.25) is 0 Å². The molecule has 3 aromatic rings. The lowest BCUT2D eigenvalue weighted by Gasteiger charge is -2.33. The van der Waals surface area contributed by atoms with Crippen LogP contribution in [0.4, 0.5) is 10.1 Å². The molecule has 0 fully saturated rings. The van der Waals surface area contributed by atoms with Gasteiger partial charge in [-0.05, 0) is 87.7 Å². The Hall–Kier alpha value is -3.92. The molecule has 226 valence electrons. The third kappa shape index (κ3) is 8.31. The summed E-state index contributed by atoms with van der Waals surface area (Å²) in [6.45, 7) is 9.41. The maximum Gasteiger partial charge on any atom is 0.264 e. The highest BCUT2D eigenvalue weighted by Crippen LogP contribution is 2.27. The van der Waals surface area contributed by atoms with Crippen LogP contribution in [0.15, 0.2) is 77.7 Å². The summed E-state index contributed by atoms with van der Waals surface area (Å²) in [6, 6.07) is 17.5. The molecule has 0 radical (unpaired) electrons. The molecule has 0 unspecified atom stereocenters. The highest BCUT2D eigenvalue weighted by molar-refractivity contribution is 7.92. The van der Waals surface area contributed by atoms with Crippen molar-refractivity contribution in [1.82, 2.24) is 10.2 Å². The summed E-state index contributed by atoms with van der Waals surface area (Å²) in [5.74, 6) is -0.900. The number of ether oxygens (including phenoxy) is 1. The van der Waals surface area contributed by atoms with Crippen LogP contribution in [0.25, 0.3) is 0 Å². The van der Waals surface area contributed by atoms with E-state index < -0.39 is 34.3 Å². The number of hydrogen-bond acceptors (Lipinski definition) is 5. The van der Waals surface area contributed by atoms with E-state index in [1.54, 1.807) is 24.3 Å². The number of anilines is 1. The molecule has 0 spiro atoms. The third-order valence-corrected chi connectivity index (χ3v) is 8.76. The normalized spacial score (nSPS) is 12.7. The zero-order valence-corrected chi connectivity index (χ0v) is 25.7. The Bertz CT molecular complexity index is 1430. The quantitative estimate of drug-likeness (QED) is 0.267. The Morgan fingerprint density at radius 2 is 1.52 bits per heavy atom. The zero-order valence-electron chi connectivity index (χ0n) is 24.8. The van der Waals surface area contributed by atoms with Gasteiger partial charge in [0.1, 0.15) is 24.2 Å². The minimum Gasteiger partial charge on any atom is -0.494 e. The first-order chi connectivity index (χ1) is 20.0. The summed E-state index contributed by atoms with van der Waals surface area (Å²) in [7, 11) is -4.30. The van der Waals surface area contributed by atoms with Crippen LogP contribution in [-0.4, -0.2) is 50.4 Å². The number of carbonyl (C=O) groups excluding carboxylic acids is 2. The first-order valence-electron chi connectivity index (χ1n) is 14.2. The van der Waals surface area contributed by atoms with Crippen LogP contribution in [-0.2, 0) is 26.2 Å². The molecule has 10 heteroatoms. The average molecular weight is 598 g/mol. The lowest BCUT2D eigenvalue weighted by Crippen LogP contribution is -2.53. The lowest BCUT2D eigenvalue weighted by atomic mass is 10.1. The molecule has 3 rings (SSSR count). The Morgan fingerprint density at radius 1 is 0.905 bits per heavy atom. The van der Waals surface area contributed by atoms with E-state index in [1.807, 2.05) is 58.9 Å². The van der Waals surface area contributed by atoms with Gasteiger partial charge >= 0.3 is 0 Å². The maximum absolute atomic E-state index is 14.1. The van der Waals surface area contributed by atoms with Gasteiger partial charge in [-0.1, -0.05) is 43.7 Å². The van der Waals surface area contributed by atoms with E-state index in [0.29, 0.717) is 18.8 Å². The third-order valence-electron chi connectivity index (χ3n) is 6.98. The van der Waals surface area contributed by atoms with E-state index in [-0.39, 0.29) is 29.1 Å². The number of amides is 2. The minimum atomic E-state index is -4.30. The van der Waals surface area contributed by atoms with Gasteiger partial charge in [0.2, 0.25) is 11.8 Å². The summed E-state index contributed by atoms with van der Waals surface area (Å²) in [6.07, 6.45) is 1.04.